The van der Waals surface area contributed by atoms with Gasteiger partial charge in [0, 0.05) is 5.92 Å². The van der Waals surface area contributed by atoms with Crippen molar-refractivity contribution in [2.45, 2.75) is 30.6 Å². The average molecular weight is 311 g/mol. The van der Waals surface area contributed by atoms with Gasteiger partial charge in [0.05, 0.1) is 5.69 Å². The normalized spacial score (nSPS) is 22.8. The largest absolute Gasteiger partial charge is 0.330 e. The molecule has 1 aromatic rings. The Kier molecular flexibility index (Phi) is 4.97. The van der Waals surface area contributed by atoms with E-state index in [0.717, 1.165) is 25.7 Å². The van der Waals surface area contributed by atoms with Crippen LogP contribution in [-0.4, -0.2) is 20.9 Å². The quantitative estimate of drug-likeness (QED) is 0.770. The number of carbonyl (C=O) groups is 1. The van der Waals surface area contributed by atoms with Crippen molar-refractivity contribution in [3.05, 3.63) is 24.3 Å². The minimum atomic E-state index is -3.85. The summed E-state index contributed by atoms with van der Waals surface area (Å²) in [7, 11) is -3.85. The molecule has 0 aromatic heterocycles. The molecule has 21 heavy (non-hydrogen) atoms. The van der Waals surface area contributed by atoms with Crippen LogP contribution in [0.2, 0.25) is 0 Å². The zero-order valence-electron chi connectivity index (χ0n) is 11.8. The van der Waals surface area contributed by atoms with Crippen LogP contribution in [0.5, 0.6) is 0 Å². The molecule has 1 fully saturated rings. The van der Waals surface area contributed by atoms with E-state index in [-0.39, 0.29) is 22.4 Å². The third-order valence-electron chi connectivity index (χ3n) is 4.00. The van der Waals surface area contributed by atoms with Gasteiger partial charge in [0.15, 0.2) is 0 Å². The molecule has 0 aliphatic heterocycles. The van der Waals surface area contributed by atoms with Gasteiger partial charge in [-0.3, -0.25) is 4.79 Å². The molecule has 1 aliphatic carbocycles. The summed E-state index contributed by atoms with van der Waals surface area (Å²) in [6.45, 7) is 0.655. The van der Waals surface area contributed by atoms with Gasteiger partial charge in [-0.15, -0.1) is 0 Å². The minimum absolute atomic E-state index is 0.0611. The summed E-state index contributed by atoms with van der Waals surface area (Å²) in [5.74, 6) is 0.244. The number of nitrogens with one attached hydrogen (secondary N) is 1. The highest BCUT2D eigenvalue weighted by Crippen LogP contribution is 2.29. The van der Waals surface area contributed by atoms with Crippen molar-refractivity contribution in [3.8, 4) is 0 Å². The van der Waals surface area contributed by atoms with E-state index in [4.69, 9.17) is 10.9 Å². The molecular formula is C14H21N3O3S. The second-order valence-electron chi connectivity index (χ2n) is 5.48. The molecule has 0 unspecified atom stereocenters. The van der Waals surface area contributed by atoms with E-state index in [1.54, 1.807) is 18.2 Å². The summed E-state index contributed by atoms with van der Waals surface area (Å²) in [4.78, 5) is 12.2. The van der Waals surface area contributed by atoms with Crippen molar-refractivity contribution in [1.82, 2.24) is 0 Å². The number of carbonyl (C=O) groups excluding carboxylic acids is 1. The summed E-state index contributed by atoms with van der Waals surface area (Å²) in [6, 6.07) is 6.16. The summed E-state index contributed by atoms with van der Waals surface area (Å²) in [5.41, 5.74) is 5.88. The maximum absolute atomic E-state index is 12.3. The van der Waals surface area contributed by atoms with Crippen LogP contribution in [0.3, 0.4) is 0 Å². The number of sulfonamides is 1. The van der Waals surface area contributed by atoms with Gasteiger partial charge >= 0.3 is 0 Å². The van der Waals surface area contributed by atoms with E-state index < -0.39 is 10.0 Å². The molecule has 0 bridgehead atoms. The van der Waals surface area contributed by atoms with Crippen molar-refractivity contribution in [2.75, 3.05) is 11.9 Å². The molecule has 0 radical (unpaired) electrons. The van der Waals surface area contributed by atoms with Gasteiger partial charge in [0.2, 0.25) is 15.9 Å². The fourth-order valence-corrected chi connectivity index (χ4v) is 3.41. The van der Waals surface area contributed by atoms with E-state index >= 15 is 0 Å². The van der Waals surface area contributed by atoms with Crippen LogP contribution < -0.4 is 16.2 Å². The second-order valence-corrected chi connectivity index (χ2v) is 7.01. The number of para-hydroxylation sites is 1. The van der Waals surface area contributed by atoms with Gasteiger partial charge in [-0.05, 0) is 50.3 Å². The van der Waals surface area contributed by atoms with Crippen molar-refractivity contribution < 1.29 is 13.2 Å². The standard InChI is InChI=1S/C14H21N3O3S/c15-9-10-5-7-11(8-6-10)14(18)17-12-3-1-2-4-13(12)21(16,19)20/h1-4,10-11H,5-9,15H2,(H,17,18)(H2,16,19,20). The fourth-order valence-electron chi connectivity index (χ4n) is 2.71. The van der Waals surface area contributed by atoms with Gasteiger partial charge in [-0.1, -0.05) is 12.1 Å². The highest BCUT2D eigenvalue weighted by Gasteiger charge is 2.26. The Morgan fingerprint density at radius 2 is 1.81 bits per heavy atom. The van der Waals surface area contributed by atoms with Crippen LogP contribution in [0.25, 0.3) is 0 Å². The van der Waals surface area contributed by atoms with Crippen LogP contribution in [0.1, 0.15) is 25.7 Å². The number of hydrogen-bond donors (Lipinski definition) is 3. The van der Waals surface area contributed by atoms with Gasteiger partial charge < -0.3 is 11.1 Å². The molecule has 0 atom stereocenters. The average Bonchev–Trinajstić information content (AvgIpc) is 2.47. The van der Waals surface area contributed by atoms with E-state index in [2.05, 4.69) is 5.32 Å². The number of benzene rings is 1. The SMILES string of the molecule is NCC1CCC(C(=O)Nc2ccccc2S(N)(=O)=O)CC1. The number of nitrogens with two attached hydrogens (primary N) is 2. The topological polar surface area (TPSA) is 115 Å². The molecule has 0 spiro atoms. The first-order valence-corrected chi connectivity index (χ1v) is 8.59. The molecule has 6 nitrogen and oxygen atoms in total. The summed E-state index contributed by atoms with van der Waals surface area (Å²) in [6.07, 6.45) is 3.44. The first-order chi connectivity index (χ1) is 9.91. The Hall–Kier alpha value is -1.44. The second kappa shape index (κ2) is 6.55. The summed E-state index contributed by atoms with van der Waals surface area (Å²) >= 11 is 0. The Bertz CT molecular complexity index is 608. The van der Waals surface area contributed by atoms with Crippen LogP contribution in [0, 0.1) is 11.8 Å². The van der Waals surface area contributed by atoms with Gasteiger partial charge in [-0.25, -0.2) is 13.6 Å². The molecule has 1 saturated carbocycles. The molecule has 1 aliphatic rings. The molecule has 1 amide bonds. The highest BCUT2D eigenvalue weighted by molar-refractivity contribution is 7.89. The van der Waals surface area contributed by atoms with Crippen molar-refractivity contribution in [1.29, 1.82) is 0 Å². The minimum Gasteiger partial charge on any atom is -0.330 e. The zero-order chi connectivity index (χ0) is 15.5. The van der Waals surface area contributed by atoms with Crippen LogP contribution in [0.15, 0.2) is 29.2 Å². The third kappa shape index (κ3) is 4.03. The molecule has 0 heterocycles. The van der Waals surface area contributed by atoms with Crippen molar-refractivity contribution in [3.63, 3.8) is 0 Å². The molecule has 2 rings (SSSR count). The highest BCUT2D eigenvalue weighted by atomic mass is 32.2. The molecule has 0 saturated heterocycles. The van der Waals surface area contributed by atoms with Crippen LogP contribution in [0.4, 0.5) is 5.69 Å². The summed E-state index contributed by atoms with van der Waals surface area (Å²) in [5, 5.41) is 7.85. The van der Waals surface area contributed by atoms with Gasteiger partial charge in [0.1, 0.15) is 4.90 Å². The van der Waals surface area contributed by atoms with E-state index in [0.29, 0.717) is 12.5 Å². The summed E-state index contributed by atoms with van der Waals surface area (Å²) < 4.78 is 23.0. The van der Waals surface area contributed by atoms with Crippen LogP contribution >= 0.6 is 0 Å². The molecular weight excluding hydrogens is 290 g/mol. The van der Waals surface area contributed by atoms with Crippen molar-refractivity contribution >= 4 is 21.6 Å². The lowest BCUT2D eigenvalue weighted by atomic mass is 9.81. The Morgan fingerprint density at radius 1 is 1.19 bits per heavy atom. The zero-order valence-corrected chi connectivity index (χ0v) is 12.6. The number of primary sulfonamides is 1. The van der Waals surface area contributed by atoms with Gasteiger partial charge in [-0.2, -0.15) is 0 Å². The van der Waals surface area contributed by atoms with Crippen LogP contribution in [-0.2, 0) is 14.8 Å². The maximum atomic E-state index is 12.3. The number of hydrogen-bond acceptors (Lipinski definition) is 4. The Morgan fingerprint density at radius 3 is 2.38 bits per heavy atom. The number of rotatable bonds is 4. The lowest BCUT2D eigenvalue weighted by Gasteiger charge is -2.26. The van der Waals surface area contributed by atoms with E-state index in [1.807, 2.05) is 0 Å². The van der Waals surface area contributed by atoms with Crippen molar-refractivity contribution in [2.24, 2.45) is 22.7 Å². The molecule has 1 aromatic carbocycles. The monoisotopic (exact) mass is 311 g/mol. The molecule has 5 N–H and O–H groups in total. The third-order valence-corrected chi connectivity index (χ3v) is 4.97. The van der Waals surface area contributed by atoms with E-state index in [1.165, 1.54) is 6.07 Å². The maximum Gasteiger partial charge on any atom is 0.240 e. The number of anilines is 1. The Balaban J connectivity index is 2.07. The number of amides is 1. The molecule has 7 heteroatoms. The van der Waals surface area contributed by atoms with Gasteiger partial charge in [0.25, 0.3) is 0 Å². The molecule has 116 valence electrons. The Labute approximate surface area is 124 Å². The smallest absolute Gasteiger partial charge is 0.240 e. The predicted octanol–water partition coefficient (Wildman–Crippen LogP) is 1.04. The lowest BCUT2D eigenvalue weighted by molar-refractivity contribution is -0.121. The fraction of sp³-hybridized carbons (Fsp3) is 0.500. The first kappa shape index (κ1) is 15.9. The van der Waals surface area contributed by atoms with E-state index in [9.17, 15) is 13.2 Å². The first-order valence-electron chi connectivity index (χ1n) is 7.04. The lowest BCUT2D eigenvalue weighted by Crippen LogP contribution is -2.30. The predicted molar refractivity (Wildman–Crippen MR) is 80.9 cm³/mol.